The van der Waals surface area contributed by atoms with E-state index in [0.29, 0.717) is 6.42 Å². The molecule has 0 saturated heterocycles. The molecule has 1 atom stereocenters. The van der Waals surface area contributed by atoms with Crippen molar-refractivity contribution in [1.29, 1.82) is 0 Å². The zero-order valence-corrected chi connectivity index (χ0v) is 23.5. The Morgan fingerprint density at radius 1 is 0.839 bits per heavy atom. The molecule has 0 fully saturated rings. The zero-order valence-electron chi connectivity index (χ0n) is 19.5. The van der Waals surface area contributed by atoms with Gasteiger partial charge < -0.3 is 36.0 Å². The van der Waals surface area contributed by atoms with Gasteiger partial charge in [-0.15, -0.1) is 0 Å². The number of aliphatic carboxylic acids is 3. The molecule has 0 aliphatic rings. The number of carboxylic acids is 3. The molecule has 0 aliphatic carbocycles. The maximum atomic E-state index is 11.3. The summed E-state index contributed by atoms with van der Waals surface area (Å²) < 4.78 is 0. The number of rotatable bonds is 17. The first-order valence-corrected chi connectivity index (χ1v) is 10.3. The average Bonchev–Trinajstić information content (AvgIpc) is 2.64. The van der Waals surface area contributed by atoms with E-state index in [1.54, 1.807) is 0 Å². The number of hydrogen-bond acceptors (Lipinski definition) is 7. The fourth-order valence-corrected chi connectivity index (χ4v) is 2.38. The molecule has 0 aromatic carbocycles. The molecular weight excluding hydrogens is 426 g/mol. The SMILES string of the molecule is CCCCCCCCCCCC(=O)NCCC(=O)O.NC(CCC(=O)[O-])C(=O)[O-].[Na+].[Na+]. The van der Waals surface area contributed by atoms with E-state index in [1.807, 2.05) is 0 Å². The topological polar surface area (TPSA) is 173 Å². The number of carboxylic acid groups (broad SMARTS) is 3. The summed E-state index contributed by atoms with van der Waals surface area (Å²) >= 11 is 0. The molecule has 0 aromatic rings. The van der Waals surface area contributed by atoms with E-state index in [2.05, 4.69) is 12.2 Å². The third kappa shape index (κ3) is 34.6. The average molecular weight is 462 g/mol. The molecular formula is C20H36N2Na2O7. The molecule has 0 rings (SSSR count). The Balaban J connectivity index is -0.000000260. The molecule has 1 unspecified atom stereocenters. The van der Waals surface area contributed by atoms with Crippen LogP contribution in [0.3, 0.4) is 0 Å². The van der Waals surface area contributed by atoms with Crippen molar-refractivity contribution in [3.8, 4) is 0 Å². The summed E-state index contributed by atoms with van der Waals surface area (Å²) in [7, 11) is 0. The van der Waals surface area contributed by atoms with Crippen molar-refractivity contribution in [3.05, 3.63) is 0 Å². The van der Waals surface area contributed by atoms with E-state index in [1.165, 1.54) is 44.9 Å². The smallest absolute Gasteiger partial charge is 0.550 e. The Hall–Kier alpha value is -0.160. The van der Waals surface area contributed by atoms with E-state index < -0.39 is 23.9 Å². The number of unbranched alkanes of at least 4 members (excludes halogenated alkanes) is 8. The van der Waals surface area contributed by atoms with Gasteiger partial charge in [0.2, 0.25) is 5.91 Å². The predicted molar refractivity (Wildman–Crippen MR) is 104 cm³/mol. The Bertz CT molecular complexity index is 480. The van der Waals surface area contributed by atoms with Gasteiger partial charge in [-0.2, -0.15) is 0 Å². The van der Waals surface area contributed by atoms with Gasteiger partial charge in [0, 0.05) is 25.0 Å². The molecule has 9 nitrogen and oxygen atoms in total. The van der Waals surface area contributed by atoms with Crippen molar-refractivity contribution in [2.24, 2.45) is 5.73 Å². The van der Waals surface area contributed by atoms with Gasteiger partial charge in [0.25, 0.3) is 0 Å². The third-order valence-electron chi connectivity index (χ3n) is 4.13. The van der Waals surface area contributed by atoms with Crippen LogP contribution in [-0.2, 0) is 19.2 Å². The molecule has 0 bridgehead atoms. The fourth-order valence-electron chi connectivity index (χ4n) is 2.38. The monoisotopic (exact) mass is 462 g/mol. The number of carbonyl (C=O) groups is 4. The Kier molecular flexibility index (Phi) is 34.3. The van der Waals surface area contributed by atoms with Crippen LogP contribution >= 0.6 is 0 Å². The molecule has 0 aliphatic heterocycles. The van der Waals surface area contributed by atoms with E-state index in [0.717, 1.165) is 12.8 Å². The molecule has 4 N–H and O–H groups in total. The number of hydrogen-bond donors (Lipinski definition) is 3. The van der Waals surface area contributed by atoms with Crippen LogP contribution in [0.5, 0.6) is 0 Å². The van der Waals surface area contributed by atoms with Crippen molar-refractivity contribution in [3.63, 3.8) is 0 Å². The number of nitrogens with one attached hydrogen (secondary N) is 1. The summed E-state index contributed by atoms with van der Waals surface area (Å²) in [6, 6.07) is -1.21. The summed E-state index contributed by atoms with van der Waals surface area (Å²) in [6.07, 6.45) is 11.1. The van der Waals surface area contributed by atoms with E-state index in [4.69, 9.17) is 10.8 Å². The van der Waals surface area contributed by atoms with E-state index in [9.17, 15) is 29.4 Å². The number of nitrogens with two attached hydrogens (primary N) is 1. The summed E-state index contributed by atoms with van der Waals surface area (Å²) in [5.74, 6) is -3.65. The van der Waals surface area contributed by atoms with Crippen LogP contribution in [0.25, 0.3) is 0 Å². The summed E-state index contributed by atoms with van der Waals surface area (Å²) in [6.45, 7) is 2.47. The third-order valence-corrected chi connectivity index (χ3v) is 4.13. The van der Waals surface area contributed by atoms with Gasteiger partial charge in [0.1, 0.15) is 0 Å². The van der Waals surface area contributed by atoms with Gasteiger partial charge >= 0.3 is 65.1 Å². The first-order valence-electron chi connectivity index (χ1n) is 10.3. The van der Waals surface area contributed by atoms with E-state index >= 15 is 0 Å². The molecule has 31 heavy (non-hydrogen) atoms. The molecule has 1 amide bonds. The van der Waals surface area contributed by atoms with Gasteiger partial charge in [0.15, 0.2) is 0 Å². The zero-order chi connectivity index (χ0) is 22.5. The van der Waals surface area contributed by atoms with Crippen molar-refractivity contribution < 1.29 is 93.6 Å². The maximum Gasteiger partial charge on any atom is 1.00 e. The Morgan fingerprint density at radius 3 is 1.74 bits per heavy atom. The summed E-state index contributed by atoms with van der Waals surface area (Å²) in [5, 5.41) is 30.7. The second kappa shape index (κ2) is 27.9. The Labute approximate surface area is 229 Å². The van der Waals surface area contributed by atoms with Crippen LogP contribution in [-0.4, -0.2) is 41.5 Å². The van der Waals surface area contributed by atoms with Crippen LogP contribution < -0.4 is 80.4 Å². The van der Waals surface area contributed by atoms with Crippen LogP contribution in [0.2, 0.25) is 0 Å². The van der Waals surface area contributed by atoms with Gasteiger partial charge in [-0.1, -0.05) is 58.3 Å². The van der Waals surface area contributed by atoms with Gasteiger partial charge in [-0.05, 0) is 19.3 Å². The minimum atomic E-state index is -1.44. The quantitative estimate of drug-likeness (QED) is 0.142. The molecule has 0 spiro atoms. The molecule has 0 saturated carbocycles. The Morgan fingerprint density at radius 2 is 1.32 bits per heavy atom. The van der Waals surface area contributed by atoms with Crippen molar-refractivity contribution in [2.75, 3.05) is 6.54 Å². The van der Waals surface area contributed by atoms with Crippen molar-refractivity contribution >= 4 is 23.8 Å². The molecule has 11 heteroatoms. The largest absolute Gasteiger partial charge is 1.00 e. The maximum absolute atomic E-state index is 11.3. The first kappa shape index (κ1) is 38.1. The second-order valence-corrected chi connectivity index (χ2v) is 6.91. The minimum Gasteiger partial charge on any atom is -0.550 e. The molecule has 0 heterocycles. The van der Waals surface area contributed by atoms with Crippen LogP contribution in [0.4, 0.5) is 0 Å². The summed E-state index contributed by atoms with van der Waals surface area (Å²) in [5.41, 5.74) is 4.91. The second-order valence-electron chi connectivity index (χ2n) is 6.91. The van der Waals surface area contributed by atoms with Crippen LogP contribution in [0.15, 0.2) is 0 Å². The van der Waals surface area contributed by atoms with Crippen LogP contribution in [0.1, 0.15) is 90.4 Å². The van der Waals surface area contributed by atoms with Crippen molar-refractivity contribution in [1.82, 2.24) is 5.32 Å². The number of amides is 1. The van der Waals surface area contributed by atoms with Gasteiger partial charge in [0.05, 0.1) is 12.4 Å². The van der Waals surface area contributed by atoms with Crippen molar-refractivity contribution in [2.45, 2.75) is 96.4 Å². The van der Waals surface area contributed by atoms with E-state index in [-0.39, 0.29) is 90.8 Å². The van der Waals surface area contributed by atoms with Gasteiger partial charge in [-0.3, -0.25) is 9.59 Å². The number of carbonyl (C=O) groups excluding carboxylic acids is 3. The molecule has 0 radical (unpaired) electrons. The standard InChI is InChI=1S/C15H29NO3.C5H9NO4.2Na/c1-2-3-4-5-6-7-8-9-10-11-14(17)16-13-12-15(18)19;6-3(5(9)10)1-2-4(7)8;;/h2-13H2,1H3,(H,16,17)(H,18,19);3H,1-2,6H2,(H,7,8)(H,9,10);;/q;;2*+1/p-2. The fraction of sp³-hybridized carbons (Fsp3) is 0.800. The molecule has 170 valence electrons. The normalized spacial score (nSPS) is 10.4. The summed E-state index contributed by atoms with van der Waals surface area (Å²) in [4.78, 5) is 41.2. The first-order chi connectivity index (χ1) is 13.7. The molecule has 0 aromatic heterocycles. The van der Waals surface area contributed by atoms with Gasteiger partial charge in [-0.25, -0.2) is 0 Å². The van der Waals surface area contributed by atoms with Crippen LogP contribution in [0, 0.1) is 0 Å². The minimum absolute atomic E-state index is 0. The predicted octanol–water partition coefficient (Wildman–Crippen LogP) is -5.90.